The number of benzene rings is 1. The summed E-state index contributed by atoms with van der Waals surface area (Å²) >= 11 is 1.46. The van der Waals surface area contributed by atoms with Gasteiger partial charge in [0.05, 0.1) is 5.69 Å². The quantitative estimate of drug-likeness (QED) is 0.680. The highest BCUT2D eigenvalue weighted by Crippen LogP contribution is 2.17. The van der Waals surface area contributed by atoms with Crippen LogP contribution in [0.25, 0.3) is 4.96 Å². The normalized spacial score (nSPS) is 15.5. The molecule has 7 heteroatoms. The molecule has 0 unspecified atom stereocenters. The molecule has 0 saturated carbocycles. The Morgan fingerprint density at radius 2 is 1.86 bits per heavy atom. The number of amides is 1. The Morgan fingerprint density at radius 3 is 2.54 bits per heavy atom. The van der Waals surface area contributed by atoms with Crippen LogP contribution in [0.4, 0.5) is 0 Å². The van der Waals surface area contributed by atoms with Gasteiger partial charge in [0.2, 0.25) is 0 Å². The van der Waals surface area contributed by atoms with Crippen LogP contribution in [0.3, 0.4) is 0 Å². The first-order chi connectivity index (χ1) is 13.5. The number of hydrogen-bond donors (Lipinski definition) is 0. The Labute approximate surface area is 168 Å². The number of rotatable bonds is 4. The van der Waals surface area contributed by atoms with E-state index < -0.39 is 0 Å². The van der Waals surface area contributed by atoms with Gasteiger partial charge < -0.3 is 4.90 Å². The van der Waals surface area contributed by atoms with Gasteiger partial charge in [0.25, 0.3) is 11.5 Å². The molecule has 146 valence electrons. The van der Waals surface area contributed by atoms with Crippen molar-refractivity contribution in [3.8, 4) is 0 Å². The predicted molar refractivity (Wildman–Crippen MR) is 111 cm³/mol. The molecule has 1 saturated heterocycles. The van der Waals surface area contributed by atoms with Crippen molar-refractivity contribution in [1.29, 1.82) is 0 Å². The Bertz CT molecular complexity index is 1030. The van der Waals surface area contributed by atoms with Gasteiger partial charge in [-0.1, -0.05) is 26.0 Å². The summed E-state index contributed by atoms with van der Waals surface area (Å²) in [7, 11) is 0. The molecule has 0 radical (unpaired) electrons. The van der Waals surface area contributed by atoms with Crippen LogP contribution < -0.4 is 5.56 Å². The largest absolute Gasteiger partial charge is 0.336 e. The van der Waals surface area contributed by atoms with Crippen LogP contribution >= 0.6 is 11.3 Å². The topological polar surface area (TPSA) is 57.9 Å². The van der Waals surface area contributed by atoms with Gasteiger partial charge in [-0.2, -0.15) is 0 Å². The van der Waals surface area contributed by atoms with Crippen LogP contribution in [0.5, 0.6) is 0 Å². The van der Waals surface area contributed by atoms with E-state index >= 15 is 0 Å². The highest BCUT2D eigenvalue weighted by molar-refractivity contribution is 7.15. The molecule has 2 aromatic heterocycles. The van der Waals surface area contributed by atoms with E-state index in [9.17, 15) is 9.59 Å². The van der Waals surface area contributed by atoms with Gasteiger partial charge >= 0.3 is 0 Å². The molecular weight excluding hydrogens is 372 g/mol. The second kappa shape index (κ2) is 7.85. The fraction of sp³-hybridized carbons (Fsp3) is 0.381. The smallest absolute Gasteiger partial charge is 0.258 e. The lowest BCUT2D eigenvalue weighted by Gasteiger charge is -2.34. The second-order valence-electron chi connectivity index (χ2n) is 7.49. The first-order valence-corrected chi connectivity index (χ1v) is 10.5. The molecule has 1 amide bonds. The van der Waals surface area contributed by atoms with E-state index in [1.54, 1.807) is 16.7 Å². The van der Waals surface area contributed by atoms with E-state index in [1.165, 1.54) is 16.9 Å². The van der Waals surface area contributed by atoms with Crippen molar-refractivity contribution in [3.05, 3.63) is 69.1 Å². The molecule has 1 aromatic carbocycles. The molecule has 28 heavy (non-hydrogen) atoms. The molecule has 0 N–H and O–H groups in total. The lowest BCUT2D eigenvalue weighted by Crippen LogP contribution is -2.48. The van der Waals surface area contributed by atoms with Gasteiger partial charge in [0.15, 0.2) is 4.96 Å². The zero-order chi connectivity index (χ0) is 19.7. The maximum atomic E-state index is 12.8. The van der Waals surface area contributed by atoms with E-state index in [0.29, 0.717) is 25.6 Å². The van der Waals surface area contributed by atoms with Gasteiger partial charge in [0.1, 0.15) is 0 Å². The minimum Gasteiger partial charge on any atom is -0.336 e. The molecule has 1 aliphatic rings. The minimum absolute atomic E-state index is 0.0418. The van der Waals surface area contributed by atoms with Gasteiger partial charge in [-0.25, -0.2) is 4.98 Å². The van der Waals surface area contributed by atoms with E-state index in [-0.39, 0.29) is 11.5 Å². The number of carbonyl (C=O) groups excluding carboxylic acids is 1. The number of nitrogens with zero attached hydrogens (tertiary/aromatic N) is 4. The van der Waals surface area contributed by atoms with Crippen molar-refractivity contribution in [2.45, 2.75) is 26.3 Å². The molecule has 1 aliphatic heterocycles. The molecule has 1 fully saturated rings. The molecule has 4 rings (SSSR count). The summed E-state index contributed by atoms with van der Waals surface area (Å²) in [5.74, 6) is 0.550. The molecule has 3 heterocycles. The van der Waals surface area contributed by atoms with Crippen molar-refractivity contribution in [1.82, 2.24) is 19.2 Å². The summed E-state index contributed by atoms with van der Waals surface area (Å²) < 4.78 is 1.56. The molecule has 0 bridgehead atoms. The zero-order valence-electron chi connectivity index (χ0n) is 16.2. The van der Waals surface area contributed by atoms with E-state index in [1.807, 2.05) is 34.5 Å². The molecule has 3 aromatic rings. The first kappa shape index (κ1) is 18.8. The molecule has 0 aliphatic carbocycles. The monoisotopic (exact) mass is 396 g/mol. The van der Waals surface area contributed by atoms with Crippen molar-refractivity contribution < 1.29 is 4.79 Å². The van der Waals surface area contributed by atoms with Crippen molar-refractivity contribution in [3.63, 3.8) is 0 Å². The Hall–Kier alpha value is -2.51. The average molecular weight is 397 g/mol. The van der Waals surface area contributed by atoms with Crippen molar-refractivity contribution in [2.24, 2.45) is 0 Å². The van der Waals surface area contributed by atoms with Crippen LogP contribution in [0.1, 0.15) is 41.4 Å². The third kappa shape index (κ3) is 3.86. The SMILES string of the molecule is CC(C)c1ccc(C(=O)N2CCN(Cc3cc(=O)n4ccsc4n3)CC2)cc1. The van der Waals surface area contributed by atoms with Gasteiger partial charge in [-0.05, 0) is 23.6 Å². The molecule has 0 spiro atoms. The van der Waals surface area contributed by atoms with Crippen molar-refractivity contribution >= 4 is 22.2 Å². The summed E-state index contributed by atoms with van der Waals surface area (Å²) in [6.45, 7) is 7.86. The van der Waals surface area contributed by atoms with Crippen LogP contribution in [0.2, 0.25) is 0 Å². The maximum Gasteiger partial charge on any atom is 0.258 e. The van der Waals surface area contributed by atoms with E-state index in [2.05, 4.69) is 23.7 Å². The first-order valence-electron chi connectivity index (χ1n) is 9.58. The lowest BCUT2D eigenvalue weighted by molar-refractivity contribution is 0.0627. The summed E-state index contributed by atoms with van der Waals surface area (Å²) in [6.07, 6.45) is 1.75. The second-order valence-corrected chi connectivity index (χ2v) is 8.36. The third-order valence-corrected chi connectivity index (χ3v) is 5.98. The number of aromatic nitrogens is 2. The van der Waals surface area contributed by atoms with Crippen LogP contribution in [0, 0.1) is 0 Å². The molecule has 0 atom stereocenters. The molecule has 6 nitrogen and oxygen atoms in total. The average Bonchev–Trinajstić information content (AvgIpc) is 3.17. The lowest BCUT2D eigenvalue weighted by atomic mass is 10.0. The standard InChI is InChI=1S/C21H24N4O2S/c1-15(2)16-3-5-17(6-4-16)20(27)24-9-7-23(8-10-24)14-18-13-19(26)25-11-12-28-21(25)22-18/h3-6,11-13,15H,7-10,14H2,1-2H3. The van der Waals surface area contributed by atoms with Crippen LogP contribution in [-0.2, 0) is 6.54 Å². The van der Waals surface area contributed by atoms with Gasteiger partial charge in [0, 0.05) is 55.9 Å². The zero-order valence-corrected chi connectivity index (χ0v) is 17.0. The Balaban J connectivity index is 1.37. The third-order valence-electron chi connectivity index (χ3n) is 5.23. The summed E-state index contributed by atoms with van der Waals surface area (Å²) in [5, 5.41) is 1.87. The fourth-order valence-electron chi connectivity index (χ4n) is 3.50. The van der Waals surface area contributed by atoms with Crippen molar-refractivity contribution in [2.75, 3.05) is 26.2 Å². The maximum absolute atomic E-state index is 12.8. The summed E-state index contributed by atoms with van der Waals surface area (Å²) in [4.78, 5) is 34.3. The molecular formula is C21H24N4O2S. The number of fused-ring (bicyclic) bond motifs is 1. The van der Waals surface area contributed by atoms with Crippen LogP contribution in [-0.4, -0.2) is 51.3 Å². The van der Waals surface area contributed by atoms with E-state index in [4.69, 9.17) is 0 Å². The highest BCUT2D eigenvalue weighted by Gasteiger charge is 2.22. The van der Waals surface area contributed by atoms with Gasteiger partial charge in [-0.3, -0.25) is 18.9 Å². The Kier molecular flexibility index (Phi) is 5.28. The fourth-order valence-corrected chi connectivity index (χ4v) is 4.24. The van der Waals surface area contributed by atoms with E-state index in [0.717, 1.165) is 29.3 Å². The van der Waals surface area contributed by atoms with Gasteiger partial charge in [-0.15, -0.1) is 11.3 Å². The number of piperazine rings is 1. The summed E-state index contributed by atoms with van der Waals surface area (Å²) in [5.41, 5.74) is 2.74. The highest BCUT2D eigenvalue weighted by atomic mass is 32.1. The predicted octanol–water partition coefficient (Wildman–Crippen LogP) is 2.84. The number of hydrogen-bond acceptors (Lipinski definition) is 5. The minimum atomic E-state index is -0.0418. The number of thiazole rings is 1. The van der Waals surface area contributed by atoms with Crippen LogP contribution in [0.15, 0.2) is 46.7 Å². The Morgan fingerprint density at radius 1 is 1.14 bits per heavy atom. The number of carbonyl (C=O) groups is 1. The summed E-state index contributed by atoms with van der Waals surface area (Å²) in [6, 6.07) is 9.54.